The van der Waals surface area contributed by atoms with Crippen molar-refractivity contribution in [3.8, 4) is 0 Å². The number of likely N-dealkylation sites (tertiary alicyclic amines) is 1. The fourth-order valence-electron chi connectivity index (χ4n) is 3.76. The number of nitrogens with zero attached hydrogens (tertiary/aromatic N) is 3. The summed E-state index contributed by atoms with van der Waals surface area (Å²) in [4.78, 5) is 33.0. The first-order chi connectivity index (χ1) is 11.9. The summed E-state index contributed by atoms with van der Waals surface area (Å²) in [5, 5.41) is 9.60. The Morgan fingerprint density at radius 3 is 2.56 bits per heavy atom. The quantitative estimate of drug-likeness (QED) is 0.868. The summed E-state index contributed by atoms with van der Waals surface area (Å²) in [6.07, 6.45) is 1.66. The average Bonchev–Trinajstić information content (AvgIpc) is 3.08. The molecule has 1 aromatic heterocycles. The van der Waals surface area contributed by atoms with E-state index in [0.29, 0.717) is 32.8 Å². The van der Waals surface area contributed by atoms with Gasteiger partial charge in [0.15, 0.2) is 0 Å². The van der Waals surface area contributed by atoms with Crippen LogP contribution in [0.4, 0.5) is 0 Å². The fraction of sp³-hybridized carbons (Fsp3) is 0.611. The number of hydrogen-bond donors (Lipinski definition) is 1. The van der Waals surface area contributed by atoms with Gasteiger partial charge in [-0.25, -0.2) is 0 Å². The minimum absolute atomic E-state index is 0.0286. The summed E-state index contributed by atoms with van der Waals surface area (Å²) in [7, 11) is 0. The molecular weight excluding hydrogens is 322 g/mol. The van der Waals surface area contributed by atoms with Crippen molar-refractivity contribution in [3.63, 3.8) is 0 Å². The third-order valence-corrected chi connectivity index (χ3v) is 5.32. The van der Waals surface area contributed by atoms with Gasteiger partial charge in [0.25, 0.3) is 0 Å². The topological polar surface area (TPSA) is 83.0 Å². The lowest BCUT2D eigenvalue weighted by atomic mass is 9.93. The molecule has 0 aromatic carbocycles. The van der Waals surface area contributed by atoms with Crippen LogP contribution in [0.5, 0.6) is 0 Å². The molecule has 1 N–H and O–H groups in total. The van der Waals surface area contributed by atoms with Crippen LogP contribution >= 0.6 is 0 Å². The zero-order valence-corrected chi connectivity index (χ0v) is 14.7. The van der Waals surface area contributed by atoms with Gasteiger partial charge >= 0.3 is 5.97 Å². The maximum atomic E-state index is 13.1. The van der Waals surface area contributed by atoms with Crippen LogP contribution in [0.2, 0.25) is 0 Å². The Bertz CT molecular complexity index is 628. The van der Waals surface area contributed by atoms with Gasteiger partial charge in [-0.1, -0.05) is 6.07 Å². The van der Waals surface area contributed by atoms with Crippen molar-refractivity contribution in [2.24, 2.45) is 5.92 Å². The second-order valence-corrected chi connectivity index (χ2v) is 7.17. The Morgan fingerprint density at radius 1 is 1.24 bits per heavy atom. The maximum Gasteiger partial charge on any atom is 0.309 e. The number of carbonyl (C=O) groups is 2. The van der Waals surface area contributed by atoms with Gasteiger partial charge in [0.05, 0.1) is 24.7 Å². The van der Waals surface area contributed by atoms with Crippen LogP contribution in [0.25, 0.3) is 0 Å². The third-order valence-electron chi connectivity index (χ3n) is 5.32. The van der Waals surface area contributed by atoms with E-state index in [1.807, 2.05) is 26.0 Å². The molecule has 2 fully saturated rings. The highest BCUT2D eigenvalue weighted by molar-refractivity contribution is 5.87. The Hall–Kier alpha value is -1.99. The Kier molecular flexibility index (Phi) is 5.06. The number of ether oxygens (including phenoxy) is 1. The lowest BCUT2D eigenvalue weighted by Gasteiger charge is -2.41. The monoisotopic (exact) mass is 347 g/mol. The number of aromatic nitrogens is 1. The van der Waals surface area contributed by atoms with Crippen molar-refractivity contribution in [3.05, 3.63) is 30.1 Å². The van der Waals surface area contributed by atoms with Gasteiger partial charge in [-0.15, -0.1) is 0 Å². The van der Waals surface area contributed by atoms with E-state index in [1.54, 1.807) is 17.2 Å². The van der Waals surface area contributed by atoms with E-state index in [-0.39, 0.29) is 18.4 Å². The van der Waals surface area contributed by atoms with Crippen molar-refractivity contribution >= 4 is 11.9 Å². The maximum absolute atomic E-state index is 13.1. The molecule has 0 radical (unpaired) electrons. The minimum Gasteiger partial charge on any atom is -0.481 e. The van der Waals surface area contributed by atoms with Gasteiger partial charge < -0.3 is 14.7 Å². The molecule has 2 aliphatic rings. The van der Waals surface area contributed by atoms with Crippen LogP contribution in [0.1, 0.15) is 25.5 Å². The number of aliphatic carboxylic acids is 1. The zero-order valence-electron chi connectivity index (χ0n) is 14.7. The van der Waals surface area contributed by atoms with Gasteiger partial charge in [-0.05, 0) is 26.0 Å². The number of pyridine rings is 1. The lowest BCUT2D eigenvalue weighted by Crippen LogP contribution is -2.58. The van der Waals surface area contributed by atoms with Crippen molar-refractivity contribution in [1.29, 1.82) is 0 Å². The molecule has 1 amide bonds. The molecule has 2 atom stereocenters. The molecule has 1 aromatic rings. The van der Waals surface area contributed by atoms with E-state index in [4.69, 9.17) is 4.74 Å². The van der Waals surface area contributed by atoms with Crippen molar-refractivity contribution in [2.45, 2.75) is 25.3 Å². The van der Waals surface area contributed by atoms with Crippen molar-refractivity contribution < 1.29 is 19.4 Å². The molecule has 0 saturated carbocycles. The van der Waals surface area contributed by atoms with Gasteiger partial charge in [0.2, 0.25) is 5.91 Å². The zero-order chi connectivity index (χ0) is 18.0. The third kappa shape index (κ3) is 3.52. The number of carboxylic acids is 1. The van der Waals surface area contributed by atoms with E-state index in [1.165, 1.54) is 0 Å². The minimum atomic E-state index is -0.880. The summed E-state index contributed by atoms with van der Waals surface area (Å²) in [6.45, 7) is 7.08. The number of rotatable bonds is 4. The molecule has 0 aliphatic carbocycles. The standard InChI is InChI=1S/C18H25N3O4/c1-18(2,21-7-9-25-10-8-21)17(24)20-11-13(14(12-20)16(22)23)15-5-3-4-6-19-15/h3-6,13-14H,7-12H2,1-2H3,(H,22,23). The predicted molar refractivity (Wildman–Crippen MR) is 91.2 cm³/mol. The van der Waals surface area contributed by atoms with Crippen LogP contribution in [0.15, 0.2) is 24.4 Å². The molecule has 7 heteroatoms. The summed E-state index contributed by atoms with van der Waals surface area (Å²) in [6, 6.07) is 5.49. The summed E-state index contributed by atoms with van der Waals surface area (Å²) in [5.41, 5.74) is 0.0561. The van der Waals surface area contributed by atoms with Gasteiger partial charge in [-0.3, -0.25) is 19.5 Å². The van der Waals surface area contributed by atoms with E-state index in [2.05, 4.69) is 9.88 Å². The van der Waals surface area contributed by atoms with E-state index >= 15 is 0 Å². The van der Waals surface area contributed by atoms with Gasteiger partial charge in [0.1, 0.15) is 0 Å². The van der Waals surface area contributed by atoms with E-state index in [0.717, 1.165) is 5.69 Å². The lowest BCUT2D eigenvalue weighted by molar-refractivity contribution is -0.145. The number of carboxylic acid groups (broad SMARTS) is 1. The molecule has 2 aliphatic heterocycles. The highest BCUT2D eigenvalue weighted by Gasteiger charge is 2.46. The Balaban J connectivity index is 1.78. The number of carbonyl (C=O) groups excluding carboxylic acids is 1. The first-order valence-corrected chi connectivity index (χ1v) is 8.67. The molecule has 25 heavy (non-hydrogen) atoms. The molecule has 0 spiro atoms. The molecule has 0 bridgehead atoms. The van der Waals surface area contributed by atoms with Crippen LogP contribution in [-0.2, 0) is 14.3 Å². The van der Waals surface area contributed by atoms with Crippen LogP contribution in [0.3, 0.4) is 0 Å². The SMILES string of the molecule is CC(C)(C(=O)N1CC(C(=O)O)C(c2ccccn2)C1)N1CCOCC1. The molecule has 7 nitrogen and oxygen atoms in total. The van der Waals surface area contributed by atoms with Crippen molar-refractivity contribution in [1.82, 2.24) is 14.8 Å². The number of hydrogen-bond acceptors (Lipinski definition) is 5. The Morgan fingerprint density at radius 2 is 1.96 bits per heavy atom. The first-order valence-electron chi connectivity index (χ1n) is 8.67. The van der Waals surface area contributed by atoms with Crippen LogP contribution < -0.4 is 0 Å². The first kappa shape index (κ1) is 17.8. The van der Waals surface area contributed by atoms with Gasteiger partial charge in [0, 0.05) is 44.0 Å². The van der Waals surface area contributed by atoms with Crippen LogP contribution in [0, 0.1) is 5.92 Å². The summed E-state index contributed by atoms with van der Waals surface area (Å²) < 4.78 is 5.37. The van der Waals surface area contributed by atoms with E-state index < -0.39 is 17.4 Å². The molecule has 2 unspecified atom stereocenters. The van der Waals surface area contributed by atoms with E-state index in [9.17, 15) is 14.7 Å². The largest absolute Gasteiger partial charge is 0.481 e. The molecule has 3 heterocycles. The fourth-order valence-corrected chi connectivity index (χ4v) is 3.76. The molecular formula is C18H25N3O4. The number of amides is 1. The summed E-state index contributed by atoms with van der Waals surface area (Å²) >= 11 is 0. The van der Waals surface area contributed by atoms with Crippen molar-refractivity contribution in [2.75, 3.05) is 39.4 Å². The average molecular weight is 347 g/mol. The molecule has 3 rings (SSSR count). The second-order valence-electron chi connectivity index (χ2n) is 7.17. The highest BCUT2D eigenvalue weighted by atomic mass is 16.5. The molecule has 2 saturated heterocycles. The normalized spacial score (nSPS) is 25.1. The summed E-state index contributed by atoms with van der Waals surface area (Å²) in [5.74, 6) is -1.81. The second kappa shape index (κ2) is 7.09. The van der Waals surface area contributed by atoms with Gasteiger partial charge in [-0.2, -0.15) is 0 Å². The number of morpholine rings is 1. The highest BCUT2D eigenvalue weighted by Crippen LogP contribution is 2.34. The van der Waals surface area contributed by atoms with Crippen LogP contribution in [-0.4, -0.2) is 76.7 Å². The predicted octanol–water partition coefficient (Wildman–Crippen LogP) is 0.819. The smallest absolute Gasteiger partial charge is 0.309 e. The molecule has 136 valence electrons. The Labute approximate surface area is 147 Å².